The van der Waals surface area contributed by atoms with E-state index >= 15 is 0 Å². The van der Waals surface area contributed by atoms with Gasteiger partial charge in [0.05, 0.1) is 39.3 Å². The van der Waals surface area contributed by atoms with Gasteiger partial charge in [-0.1, -0.05) is 258 Å². The van der Waals surface area contributed by atoms with Gasteiger partial charge in [0, 0.05) is 23.6 Å². The lowest BCUT2D eigenvalue weighted by Crippen LogP contribution is -2.26. The highest BCUT2D eigenvalue weighted by atomic mass is 32.2. The van der Waals surface area contributed by atoms with E-state index in [0.717, 1.165) is 69.4 Å². The second-order valence-electron chi connectivity index (χ2n) is 25.5. The molecule has 0 aliphatic heterocycles. The molecule has 84 heavy (non-hydrogen) atoms. The number of hydrogen-bond acceptors (Lipinski definition) is 10. The molecule has 0 heterocycles. The van der Waals surface area contributed by atoms with Gasteiger partial charge >= 0.3 is 19.7 Å². The first-order valence-corrected chi connectivity index (χ1v) is 38.3. The fourth-order valence-corrected chi connectivity index (χ4v) is 14.8. The lowest BCUT2D eigenvalue weighted by Gasteiger charge is -2.20. The van der Waals surface area contributed by atoms with E-state index in [1.165, 1.54) is 176 Å². The van der Waals surface area contributed by atoms with Crippen molar-refractivity contribution in [3.05, 3.63) is 70.8 Å². The normalized spacial score (nSPS) is 14.1. The van der Waals surface area contributed by atoms with Crippen molar-refractivity contribution >= 4 is 43.2 Å². The Morgan fingerprint density at radius 2 is 0.750 bits per heavy atom. The highest BCUT2D eigenvalue weighted by molar-refractivity contribution is 8.00. The quantitative estimate of drug-likeness (QED) is 0.0389. The summed E-state index contributed by atoms with van der Waals surface area (Å²) in [6.07, 6.45) is 40.2. The average molecular weight is 1230 g/mol. The molecule has 4 atom stereocenters. The van der Waals surface area contributed by atoms with Gasteiger partial charge in [-0.3, -0.25) is 18.6 Å². The van der Waals surface area contributed by atoms with Crippen LogP contribution < -0.4 is 5.09 Å². The van der Waals surface area contributed by atoms with Crippen molar-refractivity contribution in [3.63, 3.8) is 0 Å². The van der Waals surface area contributed by atoms with Crippen LogP contribution in [0.4, 0.5) is 0 Å². The Hall–Kier alpha value is -1.85. The molecule has 0 aliphatic carbocycles. The number of likely N-dealkylation sites (N-methyl/N-ethyl adjacent to an activating group) is 1. The van der Waals surface area contributed by atoms with Crippen LogP contribution in [-0.4, -0.2) is 92.5 Å². The van der Waals surface area contributed by atoms with E-state index in [0.29, 0.717) is 68.1 Å². The number of thioether (sulfide) groups is 2. The summed E-state index contributed by atoms with van der Waals surface area (Å²) in [5.74, 6) is 3.22. The fraction of sp³-hybridized carbons (Fsp3) is 0.806. The first kappa shape index (κ1) is 78.2. The van der Waals surface area contributed by atoms with Crippen LogP contribution in [0.1, 0.15) is 320 Å². The van der Waals surface area contributed by atoms with Crippen LogP contribution in [-0.2, 0) is 32.7 Å². The van der Waals surface area contributed by atoms with Gasteiger partial charge in [-0.05, 0) is 123 Å². The minimum absolute atomic E-state index is 0.0889. The van der Waals surface area contributed by atoms with Crippen LogP contribution in [0.3, 0.4) is 0 Å². The largest absolute Gasteiger partial charge is 0.466 e. The molecule has 2 rings (SSSR count). The first-order valence-electron chi connectivity index (χ1n) is 34.7. The van der Waals surface area contributed by atoms with E-state index < -0.39 is 7.75 Å². The second kappa shape index (κ2) is 52.0. The zero-order valence-corrected chi connectivity index (χ0v) is 58.4. The molecule has 486 valence electrons. The van der Waals surface area contributed by atoms with Crippen molar-refractivity contribution in [3.8, 4) is 0 Å². The molecule has 1 N–H and O–H groups in total. The van der Waals surface area contributed by atoms with Gasteiger partial charge in [0.2, 0.25) is 0 Å². The number of rotatable bonds is 58. The van der Waals surface area contributed by atoms with Crippen molar-refractivity contribution < 1.29 is 32.7 Å². The monoisotopic (exact) mass is 1230 g/mol. The third-order valence-corrected chi connectivity index (χ3v) is 21.2. The van der Waals surface area contributed by atoms with Crippen LogP contribution in [0, 0.1) is 0 Å². The molecule has 0 saturated carbocycles. The van der Waals surface area contributed by atoms with Crippen molar-refractivity contribution in [1.29, 1.82) is 0 Å². The van der Waals surface area contributed by atoms with Crippen LogP contribution in [0.2, 0.25) is 0 Å². The zero-order valence-electron chi connectivity index (χ0n) is 55.9. The highest BCUT2D eigenvalue weighted by Crippen LogP contribution is 2.44. The standard InChI is InChI=1S/C72H129N2O7PS2/c1-11-13-15-17-19-25-31-39-69(83-57-37-53-78-71(75)59-63(7)67-47-43-65(44-48-67)61(3)4)41-33-27-21-23-29-35-55-80-82(77,73-51-52-74(9)10)81-56-36-30-24-22-28-34-42-70(40-32-26-20-18-16-14-12-2)84-58-38-54-79-72(76)60-64(8)68-49-45-66(46-50-68)62(5)6/h43-50,61-64,69-70H,11-42,51-60H2,1-10H3,(H,73,77). The molecule has 0 fully saturated rings. The van der Waals surface area contributed by atoms with Crippen molar-refractivity contribution in [2.45, 2.75) is 308 Å². The summed E-state index contributed by atoms with van der Waals surface area (Å²) >= 11 is 4.20. The molecule has 0 saturated heterocycles. The van der Waals surface area contributed by atoms with Gasteiger partial charge < -0.3 is 14.4 Å². The molecular weight excluding hydrogens is 1100 g/mol. The predicted octanol–water partition coefficient (Wildman–Crippen LogP) is 21.7. The third kappa shape index (κ3) is 42.1. The van der Waals surface area contributed by atoms with Crippen LogP contribution in [0.5, 0.6) is 0 Å². The maximum absolute atomic E-state index is 13.9. The van der Waals surface area contributed by atoms with Crippen LogP contribution >= 0.6 is 31.3 Å². The minimum Gasteiger partial charge on any atom is -0.466 e. The summed E-state index contributed by atoms with van der Waals surface area (Å²) in [7, 11) is 0.665. The van der Waals surface area contributed by atoms with E-state index in [4.69, 9.17) is 18.5 Å². The van der Waals surface area contributed by atoms with E-state index in [9.17, 15) is 14.2 Å². The molecule has 0 radical (unpaired) electrons. The predicted molar refractivity (Wildman–Crippen MR) is 367 cm³/mol. The van der Waals surface area contributed by atoms with E-state index in [2.05, 4.69) is 137 Å². The SMILES string of the molecule is CCCCCCCCCC(CCCCCCCCOP(=O)(NCCN(C)C)OCCCCCCCCC(CCCCCCCCC)SCCCOC(=O)CC(C)c1ccc(C(C)C)cc1)SCCCOC(=O)CC(C)c1ccc(C(C)C)cc1. The fourth-order valence-electron chi connectivity index (χ4n) is 10.8. The topological polar surface area (TPSA) is 103 Å². The molecule has 2 aromatic rings. The summed E-state index contributed by atoms with van der Waals surface area (Å²) in [4.78, 5) is 27.5. The first-order chi connectivity index (χ1) is 40.7. The zero-order chi connectivity index (χ0) is 61.3. The number of carbonyl (C=O) groups is 2. The molecular formula is C72H129N2O7PS2. The maximum Gasteiger partial charge on any atom is 0.405 e. The van der Waals surface area contributed by atoms with Crippen molar-refractivity contribution in [2.75, 3.05) is 65.1 Å². The Balaban J connectivity index is 1.67. The number of ether oxygens (including phenoxy) is 2. The van der Waals surface area contributed by atoms with Crippen molar-refractivity contribution in [2.24, 2.45) is 0 Å². The van der Waals surface area contributed by atoms with Gasteiger partial charge in [-0.15, -0.1) is 0 Å². The molecule has 12 heteroatoms. The lowest BCUT2D eigenvalue weighted by atomic mass is 9.94. The Morgan fingerprint density at radius 1 is 0.440 bits per heavy atom. The van der Waals surface area contributed by atoms with Gasteiger partial charge in [0.1, 0.15) is 0 Å². The van der Waals surface area contributed by atoms with Gasteiger partial charge in [-0.2, -0.15) is 23.5 Å². The number of hydrogen-bond donors (Lipinski definition) is 1. The molecule has 0 amide bonds. The number of esters is 2. The van der Waals surface area contributed by atoms with E-state index in [-0.39, 0.29) is 23.8 Å². The molecule has 0 aliphatic rings. The highest BCUT2D eigenvalue weighted by Gasteiger charge is 2.24. The van der Waals surface area contributed by atoms with Crippen LogP contribution in [0.15, 0.2) is 48.5 Å². The molecule has 9 nitrogen and oxygen atoms in total. The number of nitrogens with zero attached hydrogens (tertiary/aromatic N) is 1. The third-order valence-electron chi connectivity index (χ3n) is 16.6. The molecule has 0 aromatic heterocycles. The maximum atomic E-state index is 13.9. The number of benzene rings is 2. The Labute approximate surface area is 526 Å². The summed E-state index contributed by atoms with van der Waals surface area (Å²) < 4.78 is 37.4. The van der Waals surface area contributed by atoms with Gasteiger partial charge in [-0.25, -0.2) is 9.65 Å². The minimum atomic E-state index is -3.38. The summed E-state index contributed by atoms with van der Waals surface area (Å²) in [6.45, 7) is 20.9. The van der Waals surface area contributed by atoms with E-state index in [1.54, 1.807) is 0 Å². The number of unbranched alkanes of at least 4 members (excludes halogenated alkanes) is 22. The smallest absolute Gasteiger partial charge is 0.405 e. The summed E-state index contributed by atoms with van der Waals surface area (Å²) in [6, 6.07) is 17.4. The summed E-state index contributed by atoms with van der Waals surface area (Å²) in [5, 5.41) is 4.50. The van der Waals surface area contributed by atoms with Gasteiger partial charge in [0.15, 0.2) is 0 Å². The molecule has 0 spiro atoms. The number of carbonyl (C=O) groups excluding carboxylic acids is 2. The Kier molecular flexibility index (Phi) is 48.4. The average Bonchev–Trinajstić information content (AvgIpc) is 3.58. The summed E-state index contributed by atoms with van der Waals surface area (Å²) in [5.41, 5.74) is 5.05. The van der Waals surface area contributed by atoms with E-state index in [1.807, 2.05) is 14.1 Å². The Bertz CT molecular complexity index is 1780. The van der Waals surface area contributed by atoms with Crippen molar-refractivity contribution in [1.82, 2.24) is 9.99 Å². The van der Waals surface area contributed by atoms with Crippen LogP contribution in [0.25, 0.3) is 0 Å². The lowest BCUT2D eigenvalue weighted by molar-refractivity contribution is -0.144. The molecule has 0 bridgehead atoms. The second-order valence-corrected chi connectivity index (χ2v) is 30.1. The molecule has 2 aromatic carbocycles. The molecule has 4 unspecified atom stereocenters. The van der Waals surface area contributed by atoms with Gasteiger partial charge in [0.25, 0.3) is 0 Å². The Morgan fingerprint density at radius 3 is 1.07 bits per heavy atom. The number of nitrogens with one attached hydrogen (secondary N) is 1.